The van der Waals surface area contributed by atoms with E-state index >= 15 is 0 Å². The van der Waals surface area contributed by atoms with Gasteiger partial charge in [-0.3, -0.25) is 9.89 Å². The first-order valence-corrected chi connectivity index (χ1v) is 7.50. The van der Waals surface area contributed by atoms with E-state index in [2.05, 4.69) is 43.7 Å². The highest BCUT2D eigenvalue weighted by molar-refractivity contribution is 5.87. The maximum atomic E-state index is 5.37. The standard InChI is InChI=1S/C17H26N2O/c1-12(2)19(13(3)4)9-8-14-11-18-17-7-6-15(20-5)10-16(14)17/h6-7,11-13H,8-10H2,1-5H3. The van der Waals surface area contributed by atoms with Gasteiger partial charge in [-0.05, 0) is 57.4 Å². The molecule has 3 nitrogen and oxygen atoms in total. The summed E-state index contributed by atoms with van der Waals surface area (Å²) in [5.74, 6) is 1.02. The molecule has 0 bridgehead atoms. The Kier molecular flexibility index (Phi) is 4.81. The quantitative estimate of drug-likeness (QED) is 0.738. The normalized spacial score (nSPS) is 18.0. The third-order valence-electron chi connectivity index (χ3n) is 4.06. The lowest BCUT2D eigenvalue weighted by Crippen LogP contribution is -2.37. The third-order valence-corrected chi connectivity index (χ3v) is 4.06. The van der Waals surface area contributed by atoms with E-state index in [0.29, 0.717) is 12.1 Å². The number of hydrogen-bond donors (Lipinski definition) is 0. The fourth-order valence-corrected chi connectivity index (χ4v) is 2.94. The Morgan fingerprint density at radius 2 is 1.90 bits per heavy atom. The van der Waals surface area contributed by atoms with Gasteiger partial charge in [-0.15, -0.1) is 0 Å². The van der Waals surface area contributed by atoms with Crippen molar-refractivity contribution in [2.45, 2.75) is 52.6 Å². The van der Waals surface area contributed by atoms with E-state index in [4.69, 9.17) is 4.74 Å². The van der Waals surface area contributed by atoms with Gasteiger partial charge in [0.1, 0.15) is 5.76 Å². The van der Waals surface area contributed by atoms with Gasteiger partial charge in [0, 0.05) is 31.3 Å². The zero-order chi connectivity index (χ0) is 14.7. The van der Waals surface area contributed by atoms with Gasteiger partial charge in [0.15, 0.2) is 0 Å². The summed E-state index contributed by atoms with van der Waals surface area (Å²) in [6.45, 7) is 10.1. The topological polar surface area (TPSA) is 24.8 Å². The summed E-state index contributed by atoms with van der Waals surface area (Å²) in [6.07, 6.45) is 8.05. The number of hydrogen-bond acceptors (Lipinski definition) is 3. The van der Waals surface area contributed by atoms with Gasteiger partial charge in [-0.2, -0.15) is 0 Å². The maximum absolute atomic E-state index is 5.37. The minimum Gasteiger partial charge on any atom is -0.501 e. The number of fused-ring (bicyclic) bond motifs is 1. The van der Waals surface area contributed by atoms with Crippen molar-refractivity contribution in [2.24, 2.45) is 4.99 Å². The largest absolute Gasteiger partial charge is 0.501 e. The van der Waals surface area contributed by atoms with Crippen molar-refractivity contribution >= 4 is 6.21 Å². The molecule has 1 heterocycles. The van der Waals surface area contributed by atoms with Crippen LogP contribution in [0.3, 0.4) is 0 Å². The van der Waals surface area contributed by atoms with E-state index in [9.17, 15) is 0 Å². The fraction of sp³-hybridized carbons (Fsp3) is 0.588. The maximum Gasteiger partial charge on any atom is 0.100 e. The van der Waals surface area contributed by atoms with Gasteiger partial charge in [-0.25, -0.2) is 0 Å². The molecule has 0 fully saturated rings. The molecule has 2 aliphatic rings. The molecule has 0 radical (unpaired) electrons. The molecule has 0 N–H and O–H groups in total. The highest BCUT2D eigenvalue weighted by atomic mass is 16.5. The molecule has 1 aliphatic heterocycles. The van der Waals surface area contributed by atoms with Crippen LogP contribution >= 0.6 is 0 Å². The van der Waals surface area contributed by atoms with E-state index in [1.165, 1.54) is 11.1 Å². The number of ether oxygens (including phenoxy) is 1. The van der Waals surface area contributed by atoms with E-state index in [1.807, 2.05) is 12.3 Å². The molecule has 3 heteroatoms. The molecule has 110 valence electrons. The van der Waals surface area contributed by atoms with Gasteiger partial charge >= 0.3 is 0 Å². The summed E-state index contributed by atoms with van der Waals surface area (Å²) in [5.41, 5.74) is 3.82. The molecule has 0 atom stereocenters. The summed E-state index contributed by atoms with van der Waals surface area (Å²) in [5, 5.41) is 0. The number of aliphatic imine (C=N–C) groups is 1. The molecule has 2 rings (SSSR count). The molecule has 1 aliphatic carbocycles. The highest BCUT2D eigenvalue weighted by Gasteiger charge is 2.21. The Morgan fingerprint density at radius 3 is 2.50 bits per heavy atom. The lowest BCUT2D eigenvalue weighted by atomic mass is 9.97. The van der Waals surface area contributed by atoms with Crippen LogP contribution in [0.25, 0.3) is 0 Å². The molecule has 0 saturated heterocycles. The summed E-state index contributed by atoms with van der Waals surface area (Å²) in [6, 6.07) is 1.16. The lowest BCUT2D eigenvalue weighted by molar-refractivity contribution is 0.178. The molecule has 0 spiro atoms. The van der Waals surface area contributed by atoms with Crippen LogP contribution in [0.4, 0.5) is 0 Å². The smallest absolute Gasteiger partial charge is 0.100 e. The Balaban J connectivity index is 2.05. The van der Waals surface area contributed by atoms with Crippen molar-refractivity contribution in [2.75, 3.05) is 13.7 Å². The zero-order valence-electron chi connectivity index (χ0n) is 13.3. The monoisotopic (exact) mass is 274 g/mol. The first kappa shape index (κ1) is 15.0. The van der Waals surface area contributed by atoms with Crippen LogP contribution in [0.15, 0.2) is 39.7 Å². The van der Waals surface area contributed by atoms with Crippen molar-refractivity contribution in [3.8, 4) is 0 Å². The van der Waals surface area contributed by atoms with Gasteiger partial charge in [0.25, 0.3) is 0 Å². The molecule has 0 aromatic heterocycles. The first-order chi connectivity index (χ1) is 9.52. The number of rotatable bonds is 6. The highest BCUT2D eigenvalue weighted by Crippen LogP contribution is 2.33. The van der Waals surface area contributed by atoms with Crippen molar-refractivity contribution in [1.29, 1.82) is 0 Å². The van der Waals surface area contributed by atoms with Crippen molar-refractivity contribution in [3.63, 3.8) is 0 Å². The molecule has 20 heavy (non-hydrogen) atoms. The molecule has 0 unspecified atom stereocenters. The minimum atomic E-state index is 0.578. The molecule has 0 aromatic rings. The number of allylic oxidation sites excluding steroid dienone is 4. The van der Waals surface area contributed by atoms with Crippen LogP contribution in [0.5, 0.6) is 0 Å². The second-order valence-corrected chi connectivity index (χ2v) is 6.00. The number of nitrogens with zero attached hydrogens (tertiary/aromatic N) is 2. The van der Waals surface area contributed by atoms with Crippen LogP contribution < -0.4 is 0 Å². The summed E-state index contributed by atoms with van der Waals surface area (Å²) in [7, 11) is 1.74. The molecular formula is C17H26N2O. The average molecular weight is 274 g/mol. The summed E-state index contributed by atoms with van der Waals surface area (Å²) >= 11 is 0. The molecular weight excluding hydrogens is 248 g/mol. The van der Waals surface area contributed by atoms with E-state index in [1.54, 1.807) is 7.11 Å². The van der Waals surface area contributed by atoms with Crippen molar-refractivity contribution in [1.82, 2.24) is 4.90 Å². The second kappa shape index (κ2) is 6.40. The zero-order valence-corrected chi connectivity index (χ0v) is 13.3. The van der Waals surface area contributed by atoms with Gasteiger partial charge in [0.2, 0.25) is 0 Å². The summed E-state index contributed by atoms with van der Waals surface area (Å²) in [4.78, 5) is 7.05. The van der Waals surface area contributed by atoms with Gasteiger partial charge < -0.3 is 4.74 Å². The van der Waals surface area contributed by atoms with Crippen molar-refractivity contribution in [3.05, 3.63) is 34.8 Å². The summed E-state index contributed by atoms with van der Waals surface area (Å²) < 4.78 is 5.37. The van der Waals surface area contributed by atoms with Crippen LogP contribution in [0.2, 0.25) is 0 Å². The van der Waals surface area contributed by atoms with E-state index < -0.39 is 0 Å². The predicted molar refractivity (Wildman–Crippen MR) is 84.9 cm³/mol. The average Bonchev–Trinajstić information content (AvgIpc) is 2.80. The van der Waals surface area contributed by atoms with Gasteiger partial charge in [-0.1, -0.05) is 0 Å². The van der Waals surface area contributed by atoms with Crippen LogP contribution in [0.1, 0.15) is 40.5 Å². The predicted octanol–water partition coefficient (Wildman–Crippen LogP) is 3.69. The number of methoxy groups -OCH3 is 1. The Labute approximate surface area is 122 Å². The van der Waals surface area contributed by atoms with E-state index in [-0.39, 0.29) is 0 Å². The molecule has 0 saturated carbocycles. The van der Waals surface area contributed by atoms with Gasteiger partial charge in [0.05, 0.1) is 12.8 Å². The lowest BCUT2D eigenvalue weighted by Gasteiger charge is -2.30. The van der Waals surface area contributed by atoms with E-state index in [0.717, 1.165) is 30.8 Å². The Hall–Kier alpha value is -1.35. The minimum absolute atomic E-state index is 0.578. The molecule has 0 aromatic carbocycles. The van der Waals surface area contributed by atoms with Crippen LogP contribution in [-0.4, -0.2) is 36.9 Å². The van der Waals surface area contributed by atoms with Crippen LogP contribution in [-0.2, 0) is 4.74 Å². The van der Waals surface area contributed by atoms with Crippen molar-refractivity contribution < 1.29 is 4.74 Å². The Bertz CT molecular complexity index is 473. The fourth-order valence-electron chi connectivity index (χ4n) is 2.94. The third kappa shape index (κ3) is 3.21. The molecule has 0 amide bonds. The second-order valence-electron chi connectivity index (χ2n) is 6.00. The van der Waals surface area contributed by atoms with Crippen LogP contribution in [0, 0.1) is 0 Å². The Morgan fingerprint density at radius 1 is 1.20 bits per heavy atom. The SMILES string of the molecule is COC1=CC=C2N=CC(CCN(C(C)C)C(C)C)=C2C1. The first-order valence-electron chi connectivity index (χ1n) is 7.50.